The lowest BCUT2D eigenvalue weighted by atomic mass is 10.0. The lowest BCUT2D eigenvalue weighted by Gasteiger charge is -2.30. The zero-order valence-electron chi connectivity index (χ0n) is 18.1. The van der Waals surface area contributed by atoms with E-state index in [4.69, 9.17) is 27.9 Å². The van der Waals surface area contributed by atoms with Crippen molar-refractivity contribution in [3.8, 4) is 5.75 Å². The standard InChI is InChI=1S/C22H28Cl2N2O4S/c1-5-20(26(31(4,28)29)16-10-11-18(23)19(24)14-16)22(27)25-12-13-30-21-9-7-6-8-17(21)15(2)3/h6-11,14-15,20H,5,12-13H2,1-4H3,(H,25,27)/t20-/m0/s1. The van der Waals surface area contributed by atoms with Gasteiger partial charge in [0, 0.05) is 0 Å². The number of hydrogen-bond donors (Lipinski definition) is 1. The summed E-state index contributed by atoms with van der Waals surface area (Å²) in [4.78, 5) is 12.8. The summed E-state index contributed by atoms with van der Waals surface area (Å²) in [5, 5.41) is 3.28. The first-order valence-corrected chi connectivity index (χ1v) is 12.6. The highest BCUT2D eigenvalue weighted by atomic mass is 35.5. The first-order chi connectivity index (χ1) is 14.6. The van der Waals surface area contributed by atoms with Crippen molar-refractivity contribution in [2.75, 3.05) is 23.7 Å². The topological polar surface area (TPSA) is 75.7 Å². The van der Waals surface area contributed by atoms with Gasteiger partial charge >= 0.3 is 0 Å². The number of sulfonamides is 1. The Bertz CT molecular complexity index is 1010. The van der Waals surface area contributed by atoms with Crippen LogP contribution in [0.5, 0.6) is 5.75 Å². The predicted octanol–water partition coefficient (Wildman–Crippen LogP) is 4.86. The van der Waals surface area contributed by atoms with Gasteiger partial charge in [0.25, 0.3) is 0 Å². The number of carbonyl (C=O) groups excluding carboxylic acids is 1. The van der Waals surface area contributed by atoms with E-state index in [1.165, 1.54) is 18.2 Å². The lowest BCUT2D eigenvalue weighted by molar-refractivity contribution is -0.122. The Labute approximate surface area is 194 Å². The van der Waals surface area contributed by atoms with E-state index in [9.17, 15) is 13.2 Å². The van der Waals surface area contributed by atoms with E-state index >= 15 is 0 Å². The van der Waals surface area contributed by atoms with Crippen LogP contribution < -0.4 is 14.4 Å². The molecule has 0 radical (unpaired) electrons. The highest BCUT2D eigenvalue weighted by Crippen LogP contribution is 2.30. The summed E-state index contributed by atoms with van der Waals surface area (Å²) in [5.41, 5.74) is 1.36. The zero-order chi connectivity index (χ0) is 23.2. The number of hydrogen-bond acceptors (Lipinski definition) is 4. The van der Waals surface area contributed by atoms with E-state index in [-0.39, 0.29) is 30.3 Å². The maximum atomic E-state index is 12.8. The minimum absolute atomic E-state index is 0.209. The van der Waals surface area contributed by atoms with Crippen molar-refractivity contribution in [3.63, 3.8) is 0 Å². The average Bonchev–Trinajstić information content (AvgIpc) is 2.70. The van der Waals surface area contributed by atoms with Gasteiger partial charge in [-0.15, -0.1) is 0 Å². The maximum absolute atomic E-state index is 12.8. The minimum atomic E-state index is -3.75. The molecule has 170 valence electrons. The number of amides is 1. The van der Waals surface area contributed by atoms with Gasteiger partial charge in [0.2, 0.25) is 15.9 Å². The molecule has 9 heteroatoms. The molecular weight excluding hydrogens is 459 g/mol. The van der Waals surface area contributed by atoms with Gasteiger partial charge < -0.3 is 10.1 Å². The second-order valence-corrected chi connectivity index (χ2v) is 10.1. The molecule has 0 aliphatic rings. The van der Waals surface area contributed by atoms with Crippen LogP contribution in [0.25, 0.3) is 0 Å². The normalized spacial score (nSPS) is 12.5. The third-order valence-electron chi connectivity index (χ3n) is 4.69. The van der Waals surface area contributed by atoms with E-state index in [1.807, 2.05) is 24.3 Å². The third-order valence-corrected chi connectivity index (χ3v) is 6.61. The van der Waals surface area contributed by atoms with Gasteiger partial charge in [-0.25, -0.2) is 8.42 Å². The average molecular weight is 487 g/mol. The summed E-state index contributed by atoms with van der Waals surface area (Å²) in [7, 11) is -3.75. The van der Waals surface area contributed by atoms with E-state index < -0.39 is 22.0 Å². The van der Waals surface area contributed by atoms with Crippen molar-refractivity contribution >= 4 is 44.8 Å². The Morgan fingerprint density at radius 2 is 1.81 bits per heavy atom. The fourth-order valence-corrected chi connectivity index (χ4v) is 4.72. The number of rotatable bonds is 10. The van der Waals surface area contributed by atoms with Gasteiger partial charge in [0.1, 0.15) is 18.4 Å². The van der Waals surface area contributed by atoms with Gasteiger partial charge in [0.15, 0.2) is 0 Å². The number of nitrogens with zero attached hydrogens (tertiary/aromatic N) is 1. The number of anilines is 1. The number of ether oxygens (including phenoxy) is 1. The number of halogens is 2. The molecule has 1 N–H and O–H groups in total. The highest BCUT2D eigenvalue weighted by molar-refractivity contribution is 7.92. The second-order valence-electron chi connectivity index (χ2n) is 7.41. The molecule has 0 unspecified atom stereocenters. The van der Waals surface area contributed by atoms with Gasteiger partial charge in [-0.1, -0.05) is 62.2 Å². The molecule has 0 heterocycles. The van der Waals surface area contributed by atoms with Gasteiger partial charge in [-0.2, -0.15) is 0 Å². The van der Waals surface area contributed by atoms with Gasteiger partial charge in [-0.3, -0.25) is 9.10 Å². The molecule has 0 aromatic heterocycles. The fraction of sp³-hybridized carbons (Fsp3) is 0.409. The summed E-state index contributed by atoms with van der Waals surface area (Å²) < 4.78 is 31.9. The van der Waals surface area contributed by atoms with Crippen molar-refractivity contribution in [1.82, 2.24) is 5.32 Å². The van der Waals surface area contributed by atoms with Crippen LogP contribution >= 0.6 is 23.2 Å². The van der Waals surface area contributed by atoms with Crippen LogP contribution in [-0.2, 0) is 14.8 Å². The molecule has 0 saturated carbocycles. The molecule has 31 heavy (non-hydrogen) atoms. The maximum Gasteiger partial charge on any atom is 0.244 e. The first kappa shape index (κ1) is 25.3. The monoisotopic (exact) mass is 486 g/mol. The van der Waals surface area contributed by atoms with Crippen LogP contribution in [0.15, 0.2) is 42.5 Å². The molecule has 0 bridgehead atoms. The molecule has 6 nitrogen and oxygen atoms in total. The number of carbonyl (C=O) groups is 1. The van der Waals surface area contributed by atoms with E-state index in [2.05, 4.69) is 19.2 Å². The molecular formula is C22H28Cl2N2O4S. The van der Waals surface area contributed by atoms with Crippen LogP contribution in [0, 0.1) is 0 Å². The first-order valence-electron chi connectivity index (χ1n) is 10.00. The quantitative estimate of drug-likeness (QED) is 0.486. The fourth-order valence-electron chi connectivity index (χ4n) is 3.22. The summed E-state index contributed by atoms with van der Waals surface area (Å²) >= 11 is 12.0. The van der Waals surface area contributed by atoms with Crippen molar-refractivity contribution < 1.29 is 17.9 Å². The summed E-state index contributed by atoms with van der Waals surface area (Å²) in [6.45, 7) is 6.41. The zero-order valence-corrected chi connectivity index (χ0v) is 20.4. The molecule has 2 aromatic rings. The molecule has 2 aromatic carbocycles. The Morgan fingerprint density at radius 3 is 2.39 bits per heavy atom. The number of benzene rings is 2. The third kappa shape index (κ3) is 6.76. The number of para-hydroxylation sites is 1. The van der Waals surface area contributed by atoms with Crippen LogP contribution in [0.4, 0.5) is 5.69 Å². The SMILES string of the molecule is CC[C@@H](C(=O)NCCOc1ccccc1C(C)C)N(c1ccc(Cl)c(Cl)c1)S(C)(=O)=O. The Kier molecular flexibility index (Phi) is 9.03. The molecule has 1 atom stereocenters. The van der Waals surface area contributed by atoms with Gasteiger partial charge in [-0.05, 0) is 42.2 Å². The molecule has 0 fully saturated rings. The van der Waals surface area contributed by atoms with Crippen LogP contribution in [0.1, 0.15) is 38.7 Å². The lowest BCUT2D eigenvalue weighted by Crippen LogP contribution is -2.50. The van der Waals surface area contributed by atoms with Crippen molar-refractivity contribution in [2.24, 2.45) is 0 Å². The Morgan fingerprint density at radius 1 is 1.13 bits per heavy atom. The van der Waals surface area contributed by atoms with E-state index in [0.29, 0.717) is 10.9 Å². The van der Waals surface area contributed by atoms with Crippen molar-refractivity contribution in [2.45, 2.75) is 39.2 Å². The van der Waals surface area contributed by atoms with Crippen LogP contribution in [0.3, 0.4) is 0 Å². The highest BCUT2D eigenvalue weighted by Gasteiger charge is 2.31. The molecule has 0 aliphatic carbocycles. The minimum Gasteiger partial charge on any atom is -0.491 e. The van der Waals surface area contributed by atoms with Crippen LogP contribution in [-0.4, -0.2) is 39.8 Å². The van der Waals surface area contributed by atoms with Crippen LogP contribution in [0.2, 0.25) is 10.0 Å². The van der Waals surface area contributed by atoms with E-state index in [1.54, 1.807) is 6.92 Å². The molecule has 1 amide bonds. The summed E-state index contributed by atoms with van der Waals surface area (Å²) in [5.74, 6) is 0.664. The van der Waals surface area contributed by atoms with E-state index in [0.717, 1.165) is 21.9 Å². The molecule has 0 spiro atoms. The second kappa shape index (κ2) is 11.1. The largest absolute Gasteiger partial charge is 0.491 e. The van der Waals surface area contributed by atoms with Crippen molar-refractivity contribution in [3.05, 3.63) is 58.1 Å². The number of nitrogens with one attached hydrogen (secondary N) is 1. The smallest absolute Gasteiger partial charge is 0.244 e. The van der Waals surface area contributed by atoms with Crippen molar-refractivity contribution in [1.29, 1.82) is 0 Å². The Balaban J connectivity index is 2.09. The molecule has 0 saturated heterocycles. The predicted molar refractivity (Wildman–Crippen MR) is 127 cm³/mol. The van der Waals surface area contributed by atoms with Gasteiger partial charge in [0.05, 0.1) is 28.5 Å². The summed E-state index contributed by atoms with van der Waals surface area (Å²) in [6, 6.07) is 11.3. The Hall–Kier alpha value is -1.96. The molecule has 2 rings (SSSR count). The summed E-state index contributed by atoms with van der Waals surface area (Å²) in [6.07, 6.45) is 1.33. The molecule has 0 aliphatic heterocycles.